The van der Waals surface area contributed by atoms with Crippen molar-refractivity contribution in [2.45, 2.75) is 19.5 Å². The van der Waals surface area contributed by atoms with Crippen molar-refractivity contribution in [1.82, 2.24) is 15.1 Å². The SMILES string of the molecule is CNCc1nn(CCc2ccccc2)c2ccccc12. The second-order valence-corrected chi connectivity index (χ2v) is 4.95. The molecule has 3 aromatic rings. The Labute approximate surface area is 119 Å². The molecular weight excluding hydrogens is 246 g/mol. The van der Waals surface area contributed by atoms with Crippen LogP contribution in [-0.2, 0) is 19.5 Å². The molecule has 3 rings (SSSR count). The fourth-order valence-corrected chi connectivity index (χ4v) is 2.54. The fourth-order valence-electron chi connectivity index (χ4n) is 2.54. The number of nitrogens with one attached hydrogen (secondary N) is 1. The van der Waals surface area contributed by atoms with Crippen molar-refractivity contribution in [1.29, 1.82) is 0 Å². The first-order chi connectivity index (χ1) is 9.88. The maximum absolute atomic E-state index is 4.75. The number of para-hydroxylation sites is 1. The standard InChI is InChI=1S/C17H19N3/c1-18-13-16-15-9-5-6-10-17(15)20(19-16)12-11-14-7-3-2-4-8-14/h2-10,18H,11-13H2,1H3. The molecule has 3 nitrogen and oxygen atoms in total. The third-order valence-electron chi connectivity index (χ3n) is 3.53. The molecule has 20 heavy (non-hydrogen) atoms. The lowest BCUT2D eigenvalue weighted by Crippen LogP contribution is -2.08. The van der Waals surface area contributed by atoms with Crippen molar-refractivity contribution < 1.29 is 0 Å². The van der Waals surface area contributed by atoms with Crippen LogP contribution in [0.25, 0.3) is 10.9 Å². The zero-order valence-electron chi connectivity index (χ0n) is 11.7. The second kappa shape index (κ2) is 5.88. The number of nitrogens with zero attached hydrogens (tertiary/aromatic N) is 2. The molecule has 1 heterocycles. The first-order valence-corrected chi connectivity index (χ1v) is 7.01. The molecule has 102 valence electrons. The van der Waals surface area contributed by atoms with Gasteiger partial charge >= 0.3 is 0 Å². The van der Waals surface area contributed by atoms with E-state index in [9.17, 15) is 0 Å². The van der Waals surface area contributed by atoms with Gasteiger partial charge in [0.1, 0.15) is 0 Å². The summed E-state index contributed by atoms with van der Waals surface area (Å²) in [6.45, 7) is 1.72. The van der Waals surface area contributed by atoms with Crippen LogP contribution < -0.4 is 5.32 Å². The van der Waals surface area contributed by atoms with Gasteiger partial charge in [0.15, 0.2) is 0 Å². The average molecular weight is 265 g/mol. The normalized spacial score (nSPS) is 11.1. The van der Waals surface area contributed by atoms with Gasteiger partial charge in [-0.3, -0.25) is 4.68 Å². The Balaban J connectivity index is 1.87. The number of fused-ring (bicyclic) bond motifs is 1. The third kappa shape index (κ3) is 2.58. The zero-order valence-corrected chi connectivity index (χ0v) is 11.7. The Morgan fingerprint density at radius 2 is 1.75 bits per heavy atom. The molecule has 0 aliphatic heterocycles. The molecule has 1 aromatic heterocycles. The smallest absolute Gasteiger partial charge is 0.0841 e. The molecule has 0 aliphatic carbocycles. The van der Waals surface area contributed by atoms with E-state index in [2.05, 4.69) is 64.6 Å². The van der Waals surface area contributed by atoms with Crippen molar-refractivity contribution in [3.8, 4) is 0 Å². The summed E-state index contributed by atoms with van der Waals surface area (Å²) in [6.07, 6.45) is 1.01. The second-order valence-electron chi connectivity index (χ2n) is 4.95. The van der Waals surface area contributed by atoms with Crippen molar-refractivity contribution >= 4 is 10.9 Å². The van der Waals surface area contributed by atoms with Gasteiger partial charge in [0.25, 0.3) is 0 Å². The lowest BCUT2D eigenvalue weighted by Gasteiger charge is -2.03. The molecule has 0 bridgehead atoms. The summed E-state index contributed by atoms with van der Waals surface area (Å²) < 4.78 is 2.12. The predicted octanol–water partition coefficient (Wildman–Crippen LogP) is 3.00. The minimum Gasteiger partial charge on any atom is -0.314 e. The van der Waals surface area contributed by atoms with Crippen molar-refractivity contribution in [3.05, 3.63) is 65.9 Å². The van der Waals surface area contributed by atoms with E-state index in [1.807, 2.05) is 7.05 Å². The largest absolute Gasteiger partial charge is 0.314 e. The van der Waals surface area contributed by atoms with Gasteiger partial charge in [-0.05, 0) is 25.1 Å². The summed E-state index contributed by atoms with van der Waals surface area (Å²) in [5.41, 5.74) is 3.69. The quantitative estimate of drug-likeness (QED) is 0.768. The number of aromatic nitrogens is 2. The summed E-state index contributed by atoms with van der Waals surface area (Å²) in [5.74, 6) is 0. The van der Waals surface area contributed by atoms with E-state index in [0.717, 1.165) is 25.2 Å². The third-order valence-corrected chi connectivity index (χ3v) is 3.53. The number of rotatable bonds is 5. The van der Waals surface area contributed by atoms with Crippen molar-refractivity contribution in [2.75, 3.05) is 7.05 Å². The Morgan fingerprint density at radius 3 is 2.55 bits per heavy atom. The number of hydrogen-bond acceptors (Lipinski definition) is 2. The topological polar surface area (TPSA) is 29.9 Å². The molecule has 0 atom stereocenters. The maximum Gasteiger partial charge on any atom is 0.0841 e. The number of benzene rings is 2. The molecule has 0 unspecified atom stereocenters. The monoisotopic (exact) mass is 265 g/mol. The average Bonchev–Trinajstić information content (AvgIpc) is 2.85. The summed E-state index contributed by atoms with van der Waals surface area (Å²) >= 11 is 0. The molecule has 0 aliphatic rings. The highest BCUT2D eigenvalue weighted by atomic mass is 15.3. The summed E-state index contributed by atoms with van der Waals surface area (Å²) in [5, 5.41) is 9.18. The molecule has 3 heteroatoms. The summed E-state index contributed by atoms with van der Waals surface area (Å²) in [6, 6.07) is 19.0. The van der Waals surface area contributed by atoms with Crippen LogP contribution in [0.2, 0.25) is 0 Å². The Hall–Kier alpha value is -2.13. The molecule has 0 amide bonds. The lowest BCUT2D eigenvalue weighted by molar-refractivity contribution is 0.617. The van der Waals surface area contributed by atoms with E-state index in [1.54, 1.807) is 0 Å². The minimum absolute atomic E-state index is 0.804. The van der Waals surface area contributed by atoms with Gasteiger partial charge < -0.3 is 5.32 Å². The van der Waals surface area contributed by atoms with Gasteiger partial charge in [-0.25, -0.2) is 0 Å². The lowest BCUT2D eigenvalue weighted by atomic mass is 10.1. The van der Waals surface area contributed by atoms with Gasteiger partial charge in [-0.2, -0.15) is 5.10 Å². The fraction of sp³-hybridized carbons (Fsp3) is 0.235. The van der Waals surface area contributed by atoms with Crippen LogP contribution in [0.3, 0.4) is 0 Å². The van der Waals surface area contributed by atoms with E-state index in [-0.39, 0.29) is 0 Å². The summed E-state index contributed by atoms with van der Waals surface area (Å²) in [7, 11) is 1.96. The molecule has 2 aromatic carbocycles. The van der Waals surface area contributed by atoms with Crippen LogP contribution in [0, 0.1) is 0 Å². The van der Waals surface area contributed by atoms with E-state index in [1.165, 1.54) is 16.5 Å². The molecular formula is C17H19N3. The van der Waals surface area contributed by atoms with Gasteiger partial charge in [0.2, 0.25) is 0 Å². The van der Waals surface area contributed by atoms with Crippen LogP contribution >= 0.6 is 0 Å². The van der Waals surface area contributed by atoms with Crippen molar-refractivity contribution in [2.24, 2.45) is 0 Å². The van der Waals surface area contributed by atoms with Crippen LogP contribution in [0.5, 0.6) is 0 Å². The Bertz CT molecular complexity index is 686. The first-order valence-electron chi connectivity index (χ1n) is 7.01. The molecule has 0 fully saturated rings. The number of aryl methyl sites for hydroxylation is 2. The Kier molecular flexibility index (Phi) is 3.79. The zero-order chi connectivity index (χ0) is 13.8. The maximum atomic E-state index is 4.75. The summed E-state index contributed by atoms with van der Waals surface area (Å²) in [4.78, 5) is 0. The van der Waals surface area contributed by atoms with Gasteiger partial charge in [0, 0.05) is 18.5 Å². The highest BCUT2D eigenvalue weighted by Gasteiger charge is 2.08. The Morgan fingerprint density at radius 1 is 1.00 bits per heavy atom. The van der Waals surface area contributed by atoms with Crippen LogP contribution in [0.1, 0.15) is 11.3 Å². The number of hydrogen-bond donors (Lipinski definition) is 1. The van der Waals surface area contributed by atoms with E-state index < -0.39 is 0 Å². The molecule has 0 radical (unpaired) electrons. The highest BCUT2D eigenvalue weighted by Crippen LogP contribution is 2.18. The molecule has 1 N–H and O–H groups in total. The minimum atomic E-state index is 0.804. The van der Waals surface area contributed by atoms with Crippen molar-refractivity contribution in [3.63, 3.8) is 0 Å². The van der Waals surface area contributed by atoms with Crippen LogP contribution in [0.15, 0.2) is 54.6 Å². The van der Waals surface area contributed by atoms with E-state index in [0.29, 0.717) is 0 Å². The molecule has 0 spiro atoms. The van der Waals surface area contributed by atoms with Crippen LogP contribution in [0.4, 0.5) is 0 Å². The molecule has 0 saturated carbocycles. The van der Waals surface area contributed by atoms with Gasteiger partial charge in [0.05, 0.1) is 11.2 Å². The van der Waals surface area contributed by atoms with Gasteiger partial charge in [-0.15, -0.1) is 0 Å². The molecule has 0 saturated heterocycles. The van der Waals surface area contributed by atoms with E-state index in [4.69, 9.17) is 5.10 Å². The van der Waals surface area contributed by atoms with Gasteiger partial charge in [-0.1, -0.05) is 48.5 Å². The van der Waals surface area contributed by atoms with E-state index >= 15 is 0 Å². The first kappa shape index (κ1) is 12.9. The highest BCUT2D eigenvalue weighted by molar-refractivity contribution is 5.81. The van der Waals surface area contributed by atoms with Crippen LogP contribution in [-0.4, -0.2) is 16.8 Å². The predicted molar refractivity (Wildman–Crippen MR) is 82.6 cm³/mol.